The Morgan fingerprint density at radius 1 is 0.615 bits per heavy atom. The summed E-state index contributed by atoms with van der Waals surface area (Å²) < 4.78 is 19.6. The lowest BCUT2D eigenvalue weighted by atomic mass is 10.0. The van der Waals surface area contributed by atoms with E-state index in [1.54, 1.807) is 66.7 Å². The van der Waals surface area contributed by atoms with Crippen LogP contribution in [-0.2, 0) is 0 Å². The molecule has 1 heterocycles. The molecule has 1 N–H and O–H groups in total. The van der Waals surface area contributed by atoms with E-state index in [1.165, 1.54) is 12.1 Å². The minimum atomic E-state index is -0.347. The zero-order chi connectivity index (χ0) is 26.8. The SMILES string of the molecule is O=C(c1ccccc1)c1ccc2nc(-c3ccc(Oc4ccc(O)cc4)cc3)c(-c3ccc(F)cc3)nc2c1. The first-order valence-corrected chi connectivity index (χ1v) is 12.3. The lowest BCUT2D eigenvalue weighted by molar-refractivity contribution is 0.103. The van der Waals surface area contributed by atoms with Gasteiger partial charge in [0.25, 0.3) is 0 Å². The average molecular weight is 513 g/mol. The number of rotatable bonds is 6. The zero-order valence-electron chi connectivity index (χ0n) is 20.6. The van der Waals surface area contributed by atoms with E-state index < -0.39 is 0 Å². The van der Waals surface area contributed by atoms with Crippen LogP contribution in [0.3, 0.4) is 0 Å². The first kappa shape index (κ1) is 24.0. The highest BCUT2D eigenvalue weighted by atomic mass is 19.1. The van der Waals surface area contributed by atoms with Gasteiger partial charge in [-0.2, -0.15) is 0 Å². The minimum absolute atomic E-state index is 0.101. The number of halogens is 1. The second-order valence-electron chi connectivity index (χ2n) is 8.95. The third-order valence-electron chi connectivity index (χ3n) is 6.28. The van der Waals surface area contributed by atoms with Crippen molar-refractivity contribution < 1.29 is 19.0 Å². The summed E-state index contributed by atoms with van der Waals surface area (Å²) in [6.45, 7) is 0. The molecule has 0 radical (unpaired) electrons. The van der Waals surface area contributed by atoms with Crippen molar-refractivity contribution in [3.8, 4) is 39.8 Å². The monoisotopic (exact) mass is 512 g/mol. The number of carbonyl (C=O) groups is 1. The van der Waals surface area contributed by atoms with Gasteiger partial charge in [0.2, 0.25) is 0 Å². The Bertz CT molecular complexity index is 1790. The van der Waals surface area contributed by atoms with Crippen molar-refractivity contribution in [2.45, 2.75) is 0 Å². The number of ketones is 1. The van der Waals surface area contributed by atoms with Crippen LogP contribution in [0.4, 0.5) is 4.39 Å². The molecule has 5 nitrogen and oxygen atoms in total. The number of fused-ring (bicyclic) bond motifs is 1. The maximum atomic E-state index is 13.7. The Morgan fingerprint density at radius 2 is 1.18 bits per heavy atom. The van der Waals surface area contributed by atoms with Crippen LogP contribution in [0.2, 0.25) is 0 Å². The number of phenols is 1. The van der Waals surface area contributed by atoms with Gasteiger partial charge in [-0.25, -0.2) is 14.4 Å². The molecule has 0 fully saturated rings. The lowest BCUT2D eigenvalue weighted by Crippen LogP contribution is -2.02. The fourth-order valence-electron chi connectivity index (χ4n) is 4.29. The van der Waals surface area contributed by atoms with Crippen molar-refractivity contribution in [2.24, 2.45) is 0 Å². The third-order valence-corrected chi connectivity index (χ3v) is 6.28. The van der Waals surface area contributed by atoms with Crippen molar-refractivity contribution >= 4 is 16.8 Å². The molecular formula is C33H21FN2O3. The van der Waals surface area contributed by atoms with Gasteiger partial charge in [0.05, 0.1) is 22.4 Å². The molecule has 0 spiro atoms. The van der Waals surface area contributed by atoms with Crippen LogP contribution in [0.1, 0.15) is 15.9 Å². The second-order valence-corrected chi connectivity index (χ2v) is 8.95. The standard InChI is InChI=1S/C33H21FN2O3/c34-25-11-6-21(7-12-25)32-31(22-8-15-27(16-9-22)39-28-17-13-26(37)14-18-28)35-29-19-10-24(20-30(29)36-32)33(38)23-4-2-1-3-5-23/h1-20,37H. The molecule has 6 aromatic rings. The molecular weight excluding hydrogens is 491 g/mol. The Balaban J connectivity index is 1.41. The lowest BCUT2D eigenvalue weighted by Gasteiger charge is -2.12. The number of benzene rings is 5. The van der Waals surface area contributed by atoms with E-state index in [-0.39, 0.29) is 17.3 Å². The maximum Gasteiger partial charge on any atom is 0.193 e. The molecule has 0 atom stereocenters. The highest BCUT2D eigenvalue weighted by Crippen LogP contribution is 2.33. The van der Waals surface area contributed by atoms with Crippen LogP contribution in [0, 0.1) is 5.82 Å². The number of carbonyl (C=O) groups excluding carboxylic acids is 1. The number of ether oxygens (including phenoxy) is 1. The van der Waals surface area contributed by atoms with Crippen molar-refractivity contribution in [3.63, 3.8) is 0 Å². The van der Waals surface area contributed by atoms with Gasteiger partial charge < -0.3 is 9.84 Å². The molecule has 6 rings (SSSR count). The molecule has 0 aliphatic heterocycles. The van der Waals surface area contributed by atoms with Crippen LogP contribution in [-0.4, -0.2) is 20.9 Å². The fourth-order valence-corrected chi connectivity index (χ4v) is 4.29. The van der Waals surface area contributed by atoms with Crippen LogP contribution in [0.25, 0.3) is 33.5 Å². The van der Waals surface area contributed by atoms with Crippen LogP contribution in [0.5, 0.6) is 17.2 Å². The number of phenolic OH excluding ortho intramolecular Hbond substituents is 1. The van der Waals surface area contributed by atoms with Crippen LogP contribution in [0.15, 0.2) is 121 Å². The summed E-state index contributed by atoms with van der Waals surface area (Å²) in [5.41, 5.74) is 4.98. The number of nitrogens with zero attached hydrogens (tertiary/aromatic N) is 2. The molecule has 5 aromatic carbocycles. The maximum absolute atomic E-state index is 13.7. The van der Waals surface area contributed by atoms with Crippen molar-refractivity contribution in [1.82, 2.24) is 9.97 Å². The molecule has 0 saturated carbocycles. The Hall–Kier alpha value is -5.36. The summed E-state index contributed by atoms with van der Waals surface area (Å²) in [6.07, 6.45) is 0. The molecule has 188 valence electrons. The molecule has 0 aliphatic carbocycles. The van der Waals surface area contributed by atoms with Crippen molar-refractivity contribution in [1.29, 1.82) is 0 Å². The van der Waals surface area contributed by atoms with E-state index in [1.807, 2.05) is 42.5 Å². The van der Waals surface area contributed by atoms with Gasteiger partial charge in [-0.1, -0.05) is 30.3 Å². The molecule has 39 heavy (non-hydrogen) atoms. The topological polar surface area (TPSA) is 72.3 Å². The third kappa shape index (κ3) is 5.08. The van der Waals surface area contributed by atoms with Crippen LogP contribution >= 0.6 is 0 Å². The molecule has 1 aromatic heterocycles. The first-order chi connectivity index (χ1) is 19.0. The molecule has 0 saturated heterocycles. The second kappa shape index (κ2) is 10.2. The number of hydrogen-bond donors (Lipinski definition) is 1. The normalized spacial score (nSPS) is 10.9. The van der Waals surface area contributed by atoms with Crippen molar-refractivity contribution in [3.05, 3.63) is 138 Å². The van der Waals surface area contributed by atoms with Crippen LogP contribution < -0.4 is 4.74 Å². The Morgan fingerprint density at radius 3 is 1.82 bits per heavy atom. The summed E-state index contributed by atoms with van der Waals surface area (Å²) in [4.78, 5) is 22.8. The summed E-state index contributed by atoms with van der Waals surface area (Å²) in [5.74, 6) is 0.929. The van der Waals surface area contributed by atoms with Gasteiger partial charge in [0.1, 0.15) is 23.1 Å². The minimum Gasteiger partial charge on any atom is -0.508 e. The van der Waals surface area contributed by atoms with E-state index in [4.69, 9.17) is 14.7 Å². The smallest absolute Gasteiger partial charge is 0.193 e. The average Bonchev–Trinajstić information content (AvgIpc) is 2.98. The molecule has 6 heteroatoms. The fraction of sp³-hybridized carbons (Fsp3) is 0. The summed E-state index contributed by atoms with van der Waals surface area (Å²) >= 11 is 0. The highest BCUT2D eigenvalue weighted by molar-refractivity contribution is 6.10. The molecule has 0 unspecified atom stereocenters. The zero-order valence-corrected chi connectivity index (χ0v) is 20.6. The van der Waals surface area contributed by atoms with E-state index in [2.05, 4.69) is 0 Å². The predicted molar refractivity (Wildman–Crippen MR) is 148 cm³/mol. The predicted octanol–water partition coefficient (Wildman–Crippen LogP) is 7.83. The van der Waals surface area contributed by atoms with E-state index in [0.717, 1.165) is 5.56 Å². The first-order valence-electron chi connectivity index (χ1n) is 12.3. The van der Waals surface area contributed by atoms with Gasteiger partial charge in [-0.05, 0) is 91.0 Å². The van der Waals surface area contributed by atoms with E-state index in [9.17, 15) is 14.3 Å². The number of hydrogen-bond acceptors (Lipinski definition) is 5. The number of aromatic hydroxyl groups is 1. The summed E-state index contributed by atoms with van der Waals surface area (Å²) in [7, 11) is 0. The quantitative estimate of drug-likeness (QED) is 0.230. The van der Waals surface area contributed by atoms with Gasteiger partial charge in [0, 0.05) is 22.3 Å². The summed E-state index contributed by atoms with van der Waals surface area (Å²) in [5, 5.41) is 9.48. The molecule has 0 bridgehead atoms. The summed E-state index contributed by atoms with van der Waals surface area (Å²) in [6, 6.07) is 34.3. The highest BCUT2D eigenvalue weighted by Gasteiger charge is 2.16. The Kier molecular flexibility index (Phi) is 6.27. The van der Waals surface area contributed by atoms with E-state index in [0.29, 0.717) is 50.6 Å². The van der Waals surface area contributed by atoms with E-state index >= 15 is 0 Å². The van der Waals surface area contributed by atoms with Crippen molar-refractivity contribution in [2.75, 3.05) is 0 Å². The largest absolute Gasteiger partial charge is 0.508 e. The van der Waals surface area contributed by atoms with Gasteiger partial charge >= 0.3 is 0 Å². The molecule has 0 aliphatic rings. The van der Waals surface area contributed by atoms with Gasteiger partial charge in [-0.3, -0.25) is 4.79 Å². The number of aromatic nitrogens is 2. The molecule has 0 amide bonds. The van der Waals surface area contributed by atoms with Gasteiger partial charge in [-0.15, -0.1) is 0 Å². The Labute approximate surface area is 223 Å². The van der Waals surface area contributed by atoms with Gasteiger partial charge in [0.15, 0.2) is 5.78 Å².